The summed E-state index contributed by atoms with van der Waals surface area (Å²) in [5.41, 5.74) is 0.911. The number of aromatic nitrogens is 1. The van der Waals surface area contributed by atoms with Crippen LogP contribution in [0.15, 0.2) is 48.8 Å². The quantitative estimate of drug-likeness (QED) is 0.678. The molecule has 2 heterocycles. The molecule has 1 fully saturated rings. The van der Waals surface area contributed by atoms with Crippen molar-refractivity contribution < 1.29 is 19.0 Å². The first kappa shape index (κ1) is 15.3. The molecule has 1 aromatic carbocycles. The van der Waals surface area contributed by atoms with Crippen molar-refractivity contribution >= 4 is 11.6 Å². The van der Waals surface area contributed by atoms with Crippen LogP contribution in [-0.4, -0.2) is 25.2 Å². The number of amides is 1. The van der Waals surface area contributed by atoms with Gasteiger partial charge in [-0.05, 0) is 31.0 Å². The summed E-state index contributed by atoms with van der Waals surface area (Å²) >= 11 is 0. The highest BCUT2D eigenvalue weighted by molar-refractivity contribution is 6.03. The van der Waals surface area contributed by atoms with E-state index in [0.29, 0.717) is 28.3 Å². The molecule has 1 saturated heterocycles. The van der Waals surface area contributed by atoms with Gasteiger partial charge in [0.15, 0.2) is 12.4 Å². The van der Waals surface area contributed by atoms with E-state index >= 15 is 0 Å². The van der Waals surface area contributed by atoms with Gasteiger partial charge in [0.05, 0.1) is 6.10 Å². The Morgan fingerprint density at radius 1 is 1.39 bits per heavy atom. The summed E-state index contributed by atoms with van der Waals surface area (Å²) < 4.78 is 11.8. The van der Waals surface area contributed by atoms with Gasteiger partial charge >= 0.3 is 0 Å². The van der Waals surface area contributed by atoms with Crippen LogP contribution in [-0.2, 0) is 4.74 Å². The van der Waals surface area contributed by atoms with Gasteiger partial charge in [0.25, 0.3) is 5.91 Å². The molecule has 0 saturated carbocycles. The molecule has 1 aliphatic heterocycles. The van der Waals surface area contributed by atoms with E-state index in [1.54, 1.807) is 24.3 Å². The number of hydrogen-bond donors (Lipinski definition) is 1. The molecule has 3 rings (SSSR count). The number of pyridine rings is 1. The summed E-state index contributed by atoms with van der Waals surface area (Å²) in [5.74, 6) is 0.330. The molecule has 1 aliphatic rings. The first-order valence-corrected chi connectivity index (χ1v) is 7.55. The summed E-state index contributed by atoms with van der Waals surface area (Å²) in [5, 5.41) is 14.0. The van der Waals surface area contributed by atoms with Crippen molar-refractivity contribution in [1.29, 1.82) is 0 Å². The summed E-state index contributed by atoms with van der Waals surface area (Å²) in [6.07, 6.45) is 4.79. The van der Waals surface area contributed by atoms with Gasteiger partial charge in [0.1, 0.15) is 17.9 Å². The number of benzene rings is 1. The maximum Gasteiger partial charge on any atom is 0.261 e. The molecule has 0 spiro atoms. The predicted molar refractivity (Wildman–Crippen MR) is 84.3 cm³/mol. The minimum Gasteiger partial charge on any atom is -0.619 e. The van der Waals surface area contributed by atoms with Crippen LogP contribution in [0.25, 0.3) is 0 Å². The Hall–Kier alpha value is -2.60. The lowest BCUT2D eigenvalue weighted by molar-refractivity contribution is -0.605. The third-order valence-electron chi connectivity index (χ3n) is 3.59. The molecule has 0 aliphatic carbocycles. The minimum atomic E-state index is -0.341. The van der Waals surface area contributed by atoms with E-state index in [9.17, 15) is 10.0 Å². The predicted octanol–water partition coefficient (Wildman–Crippen LogP) is 2.13. The van der Waals surface area contributed by atoms with E-state index in [0.717, 1.165) is 19.4 Å². The highest BCUT2D eigenvalue weighted by atomic mass is 16.5. The average molecular weight is 314 g/mol. The molecule has 1 amide bonds. The summed E-state index contributed by atoms with van der Waals surface area (Å²) in [6, 6.07) is 10.3. The Kier molecular flexibility index (Phi) is 4.73. The van der Waals surface area contributed by atoms with Crippen LogP contribution in [0.4, 0.5) is 5.69 Å². The molecule has 1 aromatic heterocycles. The van der Waals surface area contributed by atoms with Crippen molar-refractivity contribution in [3.05, 3.63) is 59.6 Å². The second-order valence-corrected chi connectivity index (χ2v) is 5.38. The number of hydrogen-bond acceptors (Lipinski definition) is 4. The summed E-state index contributed by atoms with van der Waals surface area (Å²) in [7, 11) is 0. The van der Waals surface area contributed by atoms with Crippen molar-refractivity contribution in [3.8, 4) is 5.75 Å². The highest BCUT2D eigenvalue weighted by Crippen LogP contribution is 2.20. The van der Waals surface area contributed by atoms with Crippen LogP contribution in [0.1, 0.15) is 23.2 Å². The van der Waals surface area contributed by atoms with E-state index in [4.69, 9.17) is 9.47 Å². The van der Waals surface area contributed by atoms with Gasteiger partial charge in [0, 0.05) is 24.4 Å². The van der Waals surface area contributed by atoms with Gasteiger partial charge in [-0.15, -0.1) is 0 Å². The van der Waals surface area contributed by atoms with Crippen LogP contribution in [0.3, 0.4) is 0 Å². The van der Waals surface area contributed by atoms with Gasteiger partial charge in [-0.25, -0.2) is 0 Å². The molecular formula is C17H18N2O4. The number of anilines is 1. The van der Waals surface area contributed by atoms with Crippen LogP contribution in [0.5, 0.6) is 5.75 Å². The number of carbonyl (C=O) groups excluding carboxylic acids is 1. The van der Waals surface area contributed by atoms with E-state index in [-0.39, 0.29) is 12.0 Å². The third-order valence-corrected chi connectivity index (χ3v) is 3.59. The monoisotopic (exact) mass is 314 g/mol. The highest BCUT2D eigenvalue weighted by Gasteiger charge is 2.16. The topological polar surface area (TPSA) is 74.5 Å². The van der Waals surface area contributed by atoms with Gasteiger partial charge in [-0.2, -0.15) is 4.73 Å². The van der Waals surface area contributed by atoms with Gasteiger partial charge in [-0.1, -0.05) is 6.07 Å². The van der Waals surface area contributed by atoms with Crippen molar-refractivity contribution in [3.63, 3.8) is 0 Å². The zero-order valence-electron chi connectivity index (χ0n) is 12.6. The summed E-state index contributed by atoms with van der Waals surface area (Å²) in [6.45, 7) is 1.30. The molecule has 6 nitrogen and oxygen atoms in total. The lowest BCUT2D eigenvalue weighted by Crippen LogP contribution is -2.27. The molecule has 2 aromatic rings. The maximum absolute atomic E-state index is 12.1. The molecular weight excluding hydrogens is 296 g/mol. The second kappa shape index (κ2) is 7.11. The van der Waals surface area contributed by atoms with E-state index in [1.807, 2.05) is 6.07 Å². The van der Waals surface area contributed by atoms with Gasteiger partial charge < -0.3 is 20.0 Å². The Morgan fingerprint density at radius 3 is 3.09 bits per heavy atom. The van der Waals surface area contributed by atoms with Crippen LogP contribution in [0.2, 0.25) is 0 Å². The fourth-order valence-electron chi connectivity index (χ4n) is 2.42. The van der Waals surface area contributed by atoms with Crippen molar-refractivity contribution in [2.45, 2.75) is 18.9 Å². The number of ether oxygens (including phenoxy) is 2. The fraction of sp³-hybridized carbons (Fsp3) is 0.294. The number of nitrogens with one attached hydrogen (secondary N) is 1. The molecule has 6 heteroatoms. The molecule has 0 bridgehead atoms. The molecule has 120 valence electrons. The third kappa shape index (κ3) is 4.20. The molecule has 0 unspecified atom stereocenters. The number of carbonyl (C=O) groups is 1. The minimum absolute atomic E-state index is 0.144. The SMILES string of the molecule is O=C(Nc1cccc(OC[C@@H]2CCCO2)c1)c1ccc[n+]([O-])c1. The van der Waals surface area contributed by atoms with Gasteiger partial charge in [0.2, 0.25) is 0 Å². The lowest BCUT2D eigenvalue weighted by atomic mass is 10.2. The van der Waals surface area contributed by atoms with E-state index in [2.05, 4.69) is 5.32 Å². The van der Waals surface area contributed by atoms with Crippen molar-refractivity contribution in [2.24, 2.45) is 0 Å². The van der Waals surface area contributed by atoms with Crippen LogP contribution < -0.4 is 14.8 Å². The fourth-order valence-corrected chi connectivity index (χ4v) is 2.42. The molecule has 1 N–H and O–H groups in total. The molecule has 23 heavy (non-hydrogen) atoms. The average Bonchev–Trinajstić information content (AvgIpc) is 3.07. The van der Waals surface area contributed by atoms with Crippen molar-refractivity contribution in [2.75, 3.05) is 18.5 Å². The Bertz CT molecular complexity index is 684. The second-order valence-electron chi connectivity index (χ2n) is 5.38. The van der Waals surface area contributed by atoms with Gasteiger partial charge in [-0.3, -0.25) is 4.79 Å². The van der Waals surface area contributed by atoms with Crippen LogP contribution >= 0.6 is 0 Å². The normalized spacial score (nSPS) is 17.0. The summed E-state index contributed by atoms with van der Waals surface area (Å²) in [4.78, 5) is 12.1. The smallest absolute Gasteiger partial charge is 0.261 e. The first-order valence-electron chi connectivity index (χ1n) is 7.55. The molecule has 1 atom stereocenters. The Morgan fingerprint density at radius 2 is 2.30 bits per heavy atom. The molecule has 0 radical (unpaired) electrons. The standard InChI is InChI=1S/C17H18N2O4/c20-17(13-4-2-8-19(21)11-13)18-14-5-1-6-15(10-14)23-12-16-7-3-9-22-16/h1-2,4-6,8,10-11,16H,3,7,9,12H2,(H,18,20)/t16-/m0/s1. The first-order chi connectivity index (χ1) is 11.2. The Balaban J connectivity index is 1.61. The zero-order chi connectivity index (χ0) is 16.1. The maximum atomic E-state index is 12.1. The van der Waals surface area contributed by atoms with E-state index < -0.39 is 0 Å². The lowest BCUT2D eigenvalue weighted by Gasteiger charge is -2.12. The zero-order valence-corrected chi connectivity index (χ0v) is 12.6. The Labute approximate surface area is 134 Å². The number of rotatable bonds is 5. The van der Waals surface area contributed by atoms with Crippen molar-refractivity contribution in [1.82, 2.24) is 0 Å². The largest absolute Gasteiger partial charge is 0.619 e. The number of nitrogens with zero attached hydrogens (tertiary/aromatic N) is 1. The van der Waals surface area contributed by atoms with Crippen LogP contribution in [0, 0.1) is 5.21 Å². The van der Waals surface area contributed by atoms with E-state index in [1.165, 1.54) is 18.5 Å².